The topological polar surface area (TPSA) is 127 Å². The fourth-order valence-electron chi connectivity index (χ4n) is 2.43. The number of nitrogens with two attached hydrogens (primary N) is 2. The molecule has 150 valence electrons. The number of carbonyl (C=O) groups is 2. The Kier molecular flexibility index (Phi) is 23.9. The van der Waals surface area contributed by atoms with Gasteiger partial charge in [-0.15, -0.1) is 0 Å². The van der Waals surface area contributed by atoms with E-state index in [0.717, 1.165) is 64.5 Å². The van der Waals surface area contributed by atoms with Crippen molar-refractivity contribution >= 4 is 11.9 Å². The van der Waals surface area contributed by atoms with Gasteiger partial charge in [0, 0.05) is 12.8 Å². The molecule has 25 heavy (non-hydrogen) atoms. The van der Waals surface area contributed by atoms with Gasteiger partial charge in [-0.1, -0.05) is 57.8 Å². The van der Waals surface area contributed by atoms with Crippen molar-refractivity contribution in [2.75, 3.05) is 13.1 Å². The van der Waals surface area contributed by atoms with Gasteiger partial charge in [0.1, 0.15) is 0 Å². The molecule has 0 saturated carbocycles. The summed E-state index contributed by atoms with van der Waals surface area (Å²) < 4.78 is 0. The van der Waals surface area contributed by atoms with Gasteiger partial charge in [0.25, 0.3) is 0 Å². The molecule has 0 fully saturated rings. The van der Waals surface area contributed by atoms with Crippen LogP contribution < -0.4 is 11.5 Å². The molecular weight excluding hydrogens is 320 g/mol. The van der Waals surface area contributed by atoms with Crippen LogP contribution >= 0.6 is 0 Å². The molecule has 0 aliphatic heterocycles. The maximum absolute atomic E-state index is 10.3. The van der Waals surface area contributed by atoms with Crippen molar-refractivity contribution in [2.45, 2.75) is 96.3 Å². The number of hydrogen-bond acceptors (Lipinski definition) is 4. The highest BCUT2D eigenvalue weighted by molar-refractivity contribution is 5.66. The summed E-state index contributed by atoms with van der Waals surface area (Å²) >= 11 is 0. The fourth-order valence-corrected chi connectivity index (χ4v) is 2.43. The van der Waals surface area contributed by atoms with Gasteiger partial charge in [-0.2, -0.15) is 0 Å². The molecule has 0 aliphatic carbocycles. The van der Waals surface area contributed by atoms with Crippen LogP contribution in [0.2, 0.25) is 0 Å². The SMILES string of the molecule is NCCCCCN.O=C(O)CCCCCCCCCCCCC(=O)O. The van der Waals surface area contributed by atoms with E-state index in [2.05, 4.69) is 0 Å². The van der Waals surface area contributed by atoms with Crippen molar-refractivity contribution in [2.24, 2.45) is 11.5 Å². The van der Waals surface area contributed by atoms with E-state index in [1.54, 1.807) is 0 Å². The second-order valence-corrected chi connectivity index (χ2v) is 6.46. The van der Waals surface area contributed by atoms with E-state index in [1.807, 2.05) is 0 Å². The predicted octanol–water partition coefficient (Wildman–Crippen LogP) is 3.91. The fraction of sp³-hybridized carbons (Fsp3) is 0.895. The van der Waals surface area contributed by atoms with Gasteiger partial charge in [-0.25, -0.2) is 0 Å². The van der Waals surface area contributed by atoms with Crippen molar-refractivity contribution in [3.05, 3.63) is 0 Å². The Balaban J connectivity index is 0. The lowest BCUT2D eigenvalue weighted by molar-refractivity contribution is -0.138. The van der Waals surface area contributed by atoms with Gasteiger partial charge < -0.3 is 21.7 Å². The second kappa shape index (κ2) is 22.9. The number of unbranched alkanes of at least 4 members (excludes halogenated alkanes) is 11. The normalized spacial score (nSPS) is 10.2. The van der Waals surface area contributed by atoms with Gasteiger partial charge >= 0.3 is 11.9 Å². The van der Waals surface area contributed by atoms with Gasteiger partial charge in [-0.05, 0) is 38.8 Å². The molecule has 0 aliphatic rings. The summed E-state index contributed by atoms with van der Waals surface area (Å²) in [6.07, 6.45) is 14.7. The minimum atomic E-state index is -0.698. The zero-order valence-corrected chi connectivity index (χ0v) is 15.9. The van der Waals surface area contributed by atoms with E-state index in [-0.39, 0.29) is 0 Å². The van der Waals surface area contributed by atoms with Crippen molar-refractivity contribution in [3.8, 4) is 0 Å². The maximum Gasteiger partial charge on any atom is 0.303 e. The molecular formula is C19H40N2O4. The highest BCUT2D eigenvalue weighted by Crippen LogP contribution is 2.11. The van der Waals surface area contributed by atoms with Gasteiger partial charge in [0.2, 0.25) is 0 Å². The lowest BCUT2D eigenvalue weighted by atomic mass is 10.1. The van der Waals surface area contributed by atoms with E-state index >= 15 is 0 Å². The first-order valence-electron chi connectivity index (χ1n) is 9.88. The number of hydrogen-bond donors (Lipinski definition) is 4. The van der Waals surface area contributed by atoms with Crippen LogP contribution in [0.1, 0.15) is 96.3 Å². The molecule has 0 amide bonds. The molecule has 0 saturated heterocycles. The first-order chi connectivity index (χ1) is 12.0. The van der Waals surface area contributed by atoms with E-state index in [9.17, 15) is 9.59 Å². The quantitative estimate of drug-likeness (QED) is 0.291. The summed E-state index contributed by atoms with van der Waals surface area (Å²) in [5.74, 6) is -1.40. The number of carboxylic acid groups (broad SMARTS) is 2. The molecule has 0 aromatic heterocycles. The third kappa shape index (κ3) is 31.2. The number of aliphatic carboxylic acids is 2. The minimum Gasteiger partial charge on any atom is -0.481 e. The van der Waals surface area contributed by atoms with Crippen LogP contribution in [0.4, 0.5) is 0 Å². The van der Waals surface area contributed by atoms with Crippen LogP contribution in [0, 0.1) is 0 Å². The molecule has 0 aromatic rings. The zero-order chi connectivity index (χ0) is 19.2. The van der Waals surface area contributed by atoms with Gasteiger partial charge in [-0.3, -0.25) is 9.59 Å². The summed E-state index contributed by atoms with van der Waals surface area (Å²) in [7, 11) is 0. The van der Waals surface area contributed by atoms with E-state index in [4.69, 9.17) is 21.7 Å². The van der Waals surface area contributed by atoms with Crippen LogP contribution in [0.15, 0.2) is 0 Å². The van der Waals surface area contributed by atoms with Crippen LogP contribution in [0.5, 0.6) is 0 Å². The van der Waals surface area contributed by atoms with E-state index in [0.29, 0.717) is 12.8 Å². The van der Waals surface area contributed by atoms with Gasteiger partial charge in [0.05, 0.1) is 0 Å². The minimum absolute atomic E-state index is 0.295. The summed E-state index contributed by atoms with van der Waals surface area (Å²) in [5.41, 5.74) is 10.5. The molecule has 0 atom stereocenters. The lowest BCUT2D eigenvalue weighted by Gasteiger charge is -2.01. The van der Waals surface area contributed by atoms with Crippen molar-refractivity contribution in [1.82, 2.24) is 0 Å². The third-order valence-electron chi connectivity index (χ3n) is 3.94. The highest BCUT2D eigenvalue weighted by Gasteiger charge is 1.98. The molecule has 0 heterocycles. The Morgan fingerprint density at radius 1 is 0.480 bits per heavy atom. The summed E-state index contributed by atoms with van der Waals surface area (Å²) in [6, 6.07) is 0. The highest BCUT2D eigenvalue weighted by atomic mass is 16.4. The molecule has 0 spiro atoms. The zero-order valence-electron chi connectivity index (χ0n) is 15.9. The second-order valence-electron chi connectivity index (χ2n) is 6.46. The summed E-state index contributed by atoms with van der Waals surface area (Å²) in [5, 5.41) is 16.9. The average molecular weight is 361 g/mol. The van der Waals surface area contributed by atoms with Crippen LogP contribution in [0.25, 0.3) is 0 Å². The van der Waals surface area contributed by atoms with Crippen molar-refractivity contribution in [1.29, 1.82) is 0 Å². The largest absolute Gasteiger partial charge is 0.481 e. The smallest absolute Gasteiger partial charge is 0.303 e. The molecule has 6 heteroatoms. The average Bonchev–Trinajstić information content (AvgIpc) is 2.56. The third-order valence-corrected chi connectivity index (χ3v) is 3.94. The molecule has 0 unspecified atom stereocenters. The number of carboxylic acids is 2. The van der Waals surface area contributed by atoms with Crippen molar-refractivity contribution in [3.63, 3.8) is 0 Å². The number of rotatable bonds is 17. The van der Waals surface area contributed by atoms with Crippen molar-refractivity contribution < 1.29 is 19.8 Å². The predicted molar refractivity (Wildman–Crippen MR) is 103 cm³/mol. The Labute approximate surface area is 153 Å². The monoisotopic (exact) mass is 360 g/mol. The first-order valence-corrected chi connectivity index (χ1v) is 9.88. The first kappa shape index (κ1) is 26.1. The molecule has 0 radical (unpaired) electrons. The summed E-state index contributed by atoms with van der Waals surface area (Å²) in [6.45, 7) is 1.61. The molecule has 0 aromatic carbocycles. The van der Waals surface area contributed by atoms with E-state index in [1.165, 1.54) is 32.1 Å². The molecule has 6 nitrogen and oxygen atoms in total. The van der Waals surface area contributed by atoms with Crippen LogP contribution in [0.3, 0.4) is 0 Å². The Morgan fingerprint density at radius 2 is 0.720 bits per heavy atom. The molecule has 6 N–H and O–H groups in total. The van der Waals surface area contributed by atoms with E-state index < -0.39 is 11.9 Å². The standard InChI is InChI=1S/C14H26O4.C5H14N2/c15-13(16)11-9-7-5-3-1-2-4-6-8-10-12-14(17)18;6-4-2-1-3-5-7/h1-12H2,(H,15,16)(H,17,18);1-7H2. The lowest BCUT2D eigenvalue weighted by Crippen LogP contribution is -2.02. The summed E-state index contributed by atoms with van der Waals surface area (Å²) in [4.78, 5) is 20.5. The van der Waals surface area contributed by atoms with Crippen LogP contribution in [-0.4, -0.2) is 35.2 Å². The molecule has 0 bridgehead atoms. The molecule has 0 rings (SSSR count). The Hall–Kier alpha value is -1.14. The van der Waals surface area contributed by atoms with Gasteiger partial charge in [0.15, 0.2) is 0 Å². The Morgan fingerprint density at radius 3 is 0.960 bits per heavy atom. The van der Waals surface area contributed by atoms with Crippen LogP contribution in [-0.2, 0) is 9.59 Å². The maximum atomic E-state index is 10.3. The Bertz CT molecular complexity index is 271.